The van der Waals surface area contributed by atoms with E-state index in [1.165, 1.54) is 29.9 Å². The zero-order chi connectivity index (χ0) is 15.1. The standard InChI is InChI=1S/C14H15N3O3S/c1-16(13-2-4-14(5-3-13)17(18)19)21-20-11-8-12-6-9-15-10-7-12/h2-7,9-10H,8,11H2,1H3. The van der Waals surface area contributed by atoms with Crippen LogP contribution in [0.15, 0.2) is 48.8 Å². The summed E-state index contributed by atoms with van der Waals surface area (Å²) in [5.41, 5.74) is 2.09. The van der Waals surface area contributed by atoms with Gasteiger partial charge in [0.2, 0.25) is 0 Å². The van der Waals surface area contributed by atoms with Gasteiger partial charge in [-0.25, -0.2) is 0 Å². The van der Waals surface area contributed by atoms with Crippen molar-refractivity contribution in [1.82, 2.24) is 4.98 Å². The number of anilines is 1. The molecule has 0 aliphatic heterocycles. The molecule has 0 unspecified atom stereocenters. The van der Waals surface area contributed by atoms with Gasteiger partial charge in [0.05, 0.1) is 11.5 Å². The van der Waals surface area contributed by atoms with Crippen LogP contribution in [0.1, 0.15) is 5.56 Å². The number of pyridine rings is 1. The Labute approximate surface area is 127 Å². The third kappa shape index (κ3) is 4.73. The van der Waals surface area contributed by atoms with Crippen molar-refractivity contribution in [3.8, 4) is 0 Å². The first kappa shape index (κ1) is 15.3. The number of hydrogen-bond donors (Lipinski definition) is 0. The molecule has 2 aromatic rings. The Bertz CT molecular complexity index is 578. The molecule has 0 spiro atoms. The predicted molar refractivity (Wildman–Crippen MR) is 83.0 cm³/mol. The molecule has 0 fully saturated rings. The summed E-state index contributed by atoms with van der Waals surface area (Å²) in [5, 5.41) is 10.6. The first-order valence-electron chi connectivity index (χ1n) is 6.33. The van der Waals surface area contributed by atoms with Crippen LogP contribution in [-0.2, 0) is 10.6 Å². The third-order valence-corrected chi connectivity index (χ3v) is 3.52. The van der Waals surface area contributed by atoms with E-state index in [1.807, 2.05) is 23.5 Å². The molecule has 110 valence electrons. The summed E-state index contributed by atoms with van der Waals surface area (Å²) >= 11 is 1.21. The van der Waals surface area contributed by atoms with Gasteiger partial charge in [0.25, 0.3) is 5.69 Å². The van der Waals surface area contributed by atoms with Crippen LogP contribution in [-0.4, -0.2) is 23.6 Å². The van der Waals surface area contributed by atoms with E-state index in [4.69, 9.17) is 4.18 Å². The largest absolute Gasteiger partial charge is 0.296 e. The molecule has 0 aliphatic carbocycles. The van der Waals surface area contributed by atoms with Crippen LogP contribution in [0.5, 0.6) is 0 Å². The van der Waals surface area contributed by atoms with Gasteiger partial charge in [-0.2, -0.15) is 0 Å². The van der Waals surface area contributed by atoms with Crippen molar-refractivity contribution in [3.05, 3.63) is 64.5 Å². The number of benzene rings is 1. The number of hydrogen-bond acceptors (Lipinski definition) is 6. The highest BCUT2D eigenvalue weighted by Gasteiger charge is 2.07. The van der Waals surface area contributed by atoms with Crippen LogP contribution in [0, 0.1) is 10.1 Å². The predicted octanol–water partition coefficient (Wildman–Crippen LogP) is 3.25. The molecule has 1 aromatic carbocycles. The third-order valence-electron chi connectivity index (χ3n) is 2.81. The van der Waals surface area contributed by atoms with Crippen LogP contribution >= 0.6 is 12.2 Å². The van der Waals surface area contributed by atoms with Crippen molar-refractivity contribution in [2.24, 2.45) is 0 Å². The molecule has 1 heterocycles. The molecular formula is C14H15N3O3S. The van der Waals surface area contributed by atoms with Crippen LogP contribution in [0.25, 0.3) is 0 Å². The van der Waals surface area contributed by atoms with E-state index >= 15 is 0 Å². The lowest BCUT2D eigenvalue weighted by Crippen LogP contribution is -2.08. The molecule has 21 heavy (non-hydrogen) atoms. The Kier molecular flexibility index (Phi) is 5.53. The van der Waals surface area contributed by atoms with E-state index in [0.29, 0.717) is 6.61 Å². The van der Waals surface area contributed by atoms with E-state index in [9.17, 15) is 10.1 Å². The molecule has 0 radical (unpaired) electrons. The fraction of sp³-hybridized carbons (Fsp3) is 0.214. The SMILES string of the molecule is CN(SOCCc1ccncc1)c1ccc([N+](=O)[O-])cc1. The summed E-state index contributed by atoms with van der Waals surface area (Å²) in [6.07, 6.45) is 4.32. The number of non-ortho nitro benzene ring substituents is 1. The zero-order valence-corrected chi connectivity index (χ0v) is 12.3. The summed E-state index contributed by atoms with van der Waals surface area (Å²) in [7, 11) is 1.85. The quantitative estimate of drug-likeness (QED) is 0.257. The van der Waals surface area contributed by atoms with E-state index in [2.05, 4.69) is 4.98 Å². The van der Waals surface area contributed by atoms with Gasteiger partial charge in [0.15, 0.2) is 0 Å². The molecule has 0 amide bonds. The molecule has 0 saturated carbocycles. The molecule has 0 N–H and O–H groups in total. The number of nitrogens with zero attached hydrogens (tertiary/aromatic N) is 3. The van der Waals surface area contributed by atoms with Gasteiger partial charge in [-0.05, 0) is 36.2 Å². The zero-order valence-electron chi connectivity index (χ0n) is 11.5. The van der Waals surface area contributed by atoms with Gasteiger partial charge in [-0.1, -0.05) is 0 Å². The van der Waals surface area contributed by atoms with Gasteiger partial charge < -0.3 is 0 Å². The van der Waals surface area contributed by atoms with Gasteiger partial charge >= 0.3 is 0 Å². The maximum atomic E-state index is 10.6. The highest BCUT2D eigenvalue weighted by molar-refractivity contribution is 7.96. The number of nitro groups is 1. The molecule has 0 bridgehead atoms. The van der Waals surface area contributed by atoms with Crippen molar-refractivity contribution >= 4 is 23.6 Å². The second-order valence-electron chi connectivity index (χ2n) is 4.27. The van der Waals surface area contributed by atoms with E-state index in [0.717, 1.165) is 12.1 Å². The molecule has 0 atom stereocenters. The minimum absolute atomic E-state index is 0.0794. The summed E-state index contributed by atoms with van der Waals surface area (Å²) in [6.45, 7) is 0.575. The Balaban J connectivity index is 1.76. The fourth-order valence-corrected chi connectivity index (χ4v) is 2.18. The smallest absolute Gasteiger partial charge is 0.269 e. The first-order valence-corrected chi connectivity index (χ1v) is 7.03. The van der Waals surface area contributed by atoms with E-state index in [1.54, 1.807) is 24.5 Å². The van der Waals surface area contributed by atoms with Crippen LogP contribution in [0.2, 0.25) is 0 Å². The van der Waals surface area contributed by atoms with Crippen LogP contribution < -0.4 is 4.31 Å². The number of rotatable bonds is 7. The molecule has 0 aliphatic rings. The summed E-state index contributed by atoms with van der Waals surface area (Å²) in [4.78, 5) is 14.1. The van der Waals surface area contributed by atoms with Gasteiger partial charge in [-0.3, -0.25) is 23.6 Å². The van der Waals surface area contributed by atoms with Crippen LogP contribution in [0.4, 0.5) is 11.4 Å². The lowest BCUT2D eigenvalue weighted by atomic mass is 10.2. The maximum Gasteiger partial charge on any atom is 0.269 e. The van der Waals surface area contributed by atoms with Crippen molar-refractivity contribution in [2.75, 3.05) is 18.0 Å². The topological polar surface area (TPSA) is 68.5 Å². The highest BCUT2D eigenvalue weighted by atomic mass is 32.2. The number of aromatic nitrogens is 1. The lowest BCUT2D eigenvalue weighted by molar-refractivity contribution is -0.384. The van der Waals surface area contributed by atoms with E-state index < -0.39 is 4.92 Å². The van der Waals surface area contributed by atoms with Gasteiger partial charge in [0.1, 0.15) is 12.2 Å². The first-order chi connectivity index (χ1) is 10.2. The molecule has 0 saturated heterocycles. The highest BCUT2D eigenvalue weighted by Crippen LogP contribution is 2.23. The maximum absolute atomic E-state index is 10.6. The monoisotopic (exact) mass is 305 g/mol. The Morgan fingerprint density at radius 2 is 1.90 bits per heavy atom. The Morgan fingerprint density at radius 1 is 1.24 bits per heavy atom. The minimum Gasteiger partial charge on any atom is -0.296 e. The summed E-state index contributed by atoms with van der Waals surface area (Å²) in [5.74, 6) is 0. The summed E-state index contributed by atoms with van der Waals surface area (Å²) in [6, 6.07) is 10.2. The minimum atomic E-state index is -0.415. The average Bonchev–Trinajstić information content (AvgIpc) is 2.52. The van der Waals surface area contributed by atoms with Crippen LogP contribution in [0.3, 0.4) is 0 Å². The molecule has 2 rings (SSSR count). The molecule has 1 aromatic heterocycles. The van der Waals surface area contributed by atoms with Crippen molar-refractivity contribution in [1.29, 1.82) is 0 Å². The normalized spacial score (nSPS) is 10.3. The fourth-order valence-electron chi connectivity index (χ4n) is 1.65. The molecule has 7 heteroatoms. The second kappa shape index (κ2) is 7.61. The van der Waals surface area contributed by atoms with Crippen molar-refractivity contribution < 1.29 is 9.11 Å². The van der Waals surface area contributed by atoms with Gasteiger partial charge in [0, 0.05) is 37.3 Å². The van der Waals surface area contributed by atoms with Crippen molar-refractivity contribution in [2.45, 2.75) is 6.42 Å². The molecular weight excluding hydrogens is 290 g/mol. The Morgan fingerprint density at radius 3 is 2.52 bits per heavy atom. The summed E-state index contributed by atoms with van der Waals surface area (Å²) < 4.78 is 7.34. The molecule has 6 nitrogen and oxygen atoms in total. The average molecular weight is 305 g/mol. The Hall–Kier alpha value is -2.12. The van der Waals surface area contributed by atoms with Gasteiger partial charge in [-0.15, -0.1) is 0 Å². The number of nitro benzene ring substituents is 1. The van der Waals surface area contributed by atoms with E-state index in [-0.39, 0.29) is 5.69 Å². The second-order valence-corrected chi connectivity index (χ2v) is 5.21. The lowest BCUT2D eigenvalue weighted by Gasteiger charge is -2.16. The van der Waals surface area contributed by atoms with Crippen molar-refractivity contribution in [3.63, 3.8) is 0 Å².